The number of nitrogens with one attached hydrogen (secondary N) is 2. The van der Waals surface area contributed by atoms with Crippen molar-refractivity contribution in [2.24, 2.45) is 5.92 Å². The Morgan fingerprint density at radius 2 is 1.76 bits per heavy atom. The van der Waals surface area contributed by atoms with Crippen molar-refractivity contribution in [3.63, 3.8) is 0 Å². The van der Waals surface area contributed by atoms with Crippen LogP contribution in [0.15, 0.2) is 0 Å². The average molecular weight is 317 g/mol. The van der Waals surface area contributed by atoms with Crippen molar-refractivity contribution in [1.29, 1.82) is 0 Å². The highest BCUT2D eigenvalue weighted by atomic mass is 32.2. The molecule has 2 saturated carbocycles. The Morgan fingerprint density at radius 3 is 2.48 bits per heavy atom. The fourth-order valence-electron chi connectivity index (χ4n) is 2.92. The van der Waals surface area contributed by atoms with Crippen molar-refractivity contribution in [3.05, 3.63) is 0 Å². The zero-order chi connectivity index (χ0) is 15.3. The lowest BCUT2D eigenvalue weighted by Gasteiger charge is -2.22. The van der Waals surface area contributed by atoms with Gasteiger partial charge in [0.1, 0.15) is 0 Å². The highest BCUT2D eigenvalue weighted by molar-refractivity contribution is 7.87. The maximum Gasteiger partial charge on any atom is 0.279 e. The molecule has 0 bridgehead atoms. The van der Waals surface area contributed by atoms with Crippen LogP contribution in [0.3, 0.4) is 0 Å². The molecule has 124 valence electrons. The molecule has 2 aliphatic carbocycles. The molecule has 2 rings (SSSR count). The summed E-state index contributed by atoms with van der Waals surface area (Å²) < 4.78 is 29.0. The van der Waals surface area contributed by atoms with E-state index in [1.165, 1.54) is 23.6 Å². The molecule has 0 saturated heterocycles. The van der Waals surface area contributed by atoms with Crippen LogP contribution in [0.2, 0.25) is 0 Å². The zero-order valence-corrected chi connectivity index (χ0v) is 14.3. The lowest BCUT2D eigenvalue weighted by molar-refractivity contribution is 0.423. The first-order chi connectivity index (χ1) is 9.97. The predicted octanol–water partition coefficient (Wildman–Crippen LogP) is 1.86. The van der Waals surface area contributed by atoms with Crippen molar-refractivity contribution in [2.45, 2.75) is 70.4 Å². The minimum absolute atomic E-state index is 0.118. The fourth-order valence-corrected chi connectivity index (χ4v) is 4.13. The minimum atomic E-state index is -3.32. The largest absolute Gasteiger partial charge is 0.314 e. The topological polar surface area (TPSA) is 61.4 Å². The molecule has 0 heterocycles. The Hall–Kier alpha value is -0.170. The van der Waals surface area contributed by atoms with Gasteiger partial charge in [-0.25, -0.2) is 0 Å². The first kappa shape index (κ1) is 17.2. The Bertz CT molecular complexity index is 409. The van der Waals surface area contributed by atoms with Gasteiger partial charge in [-0.15, -0.1) is 0 Å². The number of rotatable bonds is 8. The second-order valence-electron chi connectivity index (χ2n) is 6.84. The standard InChI is InChI=1S/C15H31N3O2S/c1-13-5-3-6-15(8-7-13)17-21(19,20)18(2)12-4-11-16-14-9-10-14/h13-17H,3-12H2,1-2H3. The highest BCUT2D eigenvalue weighted by Crippen LogP contribution is 2.23. The normalized spacial score (nSPS) is 27.8. The molecule has 0 aromatic carbocycles. The van der Waals surface area contributed by atoms with E-state index in [0.717, 1.165) is 44.6 Å². The van der Waals surface area contributed by atoms with Gasteiger partial charge in [0.05, 0.1) is 0 Å². The molecule has 2 aliphatic rings. The third kappa shape index (κ3) is 6.22. The van der Waals surface area contributed by atoms with Gasteiger partial charge in [-0.05, 0) is 51.0 Å². The summed E-state index contributed by atoms with van der Waals surface area (Å²) >= 11 is 0. The van der Waals surface area contributed by atoms with Crippen molar-refractivity contribution in [2.75, 3.05) is 20.1 Å². The van der Waals surface area contributed by atoms with Gasteiger partial charge in [0.15, 0.2) is 0 Å². The fraction of sp³-hybridized carbons (Fsp3) is 1.00. The molecule has 0 aromatic rings. The lowest BCUT2D eigenvalue weighted by Crippen LogP contribution is -2.44. The predicted molar refractivity (Wildman–Crippen MR) is 86.4 cm³/mol. The van der Waals surface area contributed by atoms with Crippen LogP contribution in [0.4, 0.5) is 0 Å². The second kappa shape index (κ2) is 7.90. The molecule has 0 aromatic heterocycles. The van der Waals surface area contributed by atoms with Crippen LogP contribution >= 0.6 is 0 Å². The average Bonchev–Trinajstić information content (AvgIpc) is 3.24. The van der Waals surface area contributed by atoms with E-state index in [1.54, 1.807) is 7.05 Å². The van der Waals surface area contributed by atoms with Gasteiger partial charge in [0.2, 0.25) is 0 Å². The van der Waals surface area contributed by atoms with E-state index in [9.17, 15) is 8.42 Å². The molecule has 6 heteroatoms. The zero-order valence-electron chi connectivity index (χ0n) is 13.5. The van der Waals surface area contributed by atoms with Gasteiger partial charge in [-0.3, -0.25) is 0 Å². The summed E-state index contributed by atoms with van der Waals surface area (Å²) in [6.45, 7) is 3.75. The molecule has 0 aliphatic heterocycles. The highest BCUT2D eigenvalue weighted by Gasteiger charge is 2.24. The van der Waals surface area contributed by atoms with Crippen molar-refractivity contribution in [1.82, 2.24) is 14.3 Å². The molecule has 5 nitrogen and oxygen atoms in total. The molecule has 0 spiro atoms. The van der Waals surface area contributed by atoms with Crippen LogP contribution in [0.1, 0.15) is 58.3 Å². The summed E-state index contributed by atoms with van der Waals surface area (Å²) in [4.78, 5) is 0. The maximum absolute atomic E-state index is 12.3. The van der Waals surface area contributed by atoms with Crippen LogP contribution in [0.5, 0.6) is 0 Å². The van der Waals surface area contributed by atoms with Crippen molar-refractivity contribution < 1.29 is 8.42 Å². The van der Waals surface area contributed by atoms with Crippen LogP contribution in [-0.2, 0) is 10.2 Å². The Kier molecular flexibility index (Phi) is 6.47. The molecule has 21 heavy (non-hydrogen) atoms. The molecule has 0 radical (unpaired) electrons. The first-order valence-corrected chi connectivity index (χ1v) is 9.88. The maximum atomic E-state index is 12.3. The van der Waals surface area contributed by atoms with E-state index in [0.29, 0.717) is 12.6 Å². The second-order valence-corrected chi connectivity index (χ2v) is 8.65. The van der Waals surface area contributed by atoms with E-state index in [-0.39, 0.29) is 6.04 Å². The first-order valence-electron chi connectivity index (χ1n) is 8.44. The van der Waals surface area contributed by atoms with E-state index >= 15 is 0 Å². The van der Waals surface area contributed by atoms with Gasteiger partial charge in [-0.2, -0.15) is 17.4 Å². The third-order valence-electron chi connectivity index (χ3n) is 4.64. The van der Waals surface area contributed by atoms with Gasteiger partial charge in [0, 0.05) is 25.7 Å². The summed E-state index contributed by atoms with van der Waals surface area (Å²) in [5.74, 6) is 0.728. The third-order valence-corrected chi connectivity index (χ3v) is 6.28. The van der Waals surface area contributed by atoms with Crippen LogP contribution < -0.4 is 10.0 Å². The van der Waals surface area contributed by atoms with Crippen LogP contribution in [0.25, 0.3) is 0 Å². The van der Waals surface area contributed by atoms with Gasteiger partial charge in [0.25, 0.3) is 10.2 Å². The summed E-state index contributed by atoms with van der Waals surface area (Å²) in [7, 11) is -1.64. The number of hydrogen-bond donors (Lipinski definition) is 2. The van der Waals surface area contributed by atoms with E-state index in [4.69, 9.17) is 0 Å². The minimum Gasteiger partial charge on any atom is -0.314 e. The summed E-state index contributed by atoms with van der Waals surface area (Å²) in [6.07, 6.45) is 8.84. The molecular formula is C15H31N3O2S. The molecule has 2 atom stereocenters. The Morgan fingerprint density at radius 1 is 1.05 bits per heavy atom. The summed E-state index contributed by atoms with van der Waals surface area (Å²) in [5, 5.41) is 3.42. The number of nitrogens with zero attached hydrogens (tertiary/aromatic N) is 1. The van der Waals surface area contributed by atoms with Crippen LogP contribution in [0, 0.1) is 5.92 Å². The van der Waals surface area contributed by atoms with Gasteiger partial charge < -0.3 is 5.32 Å². The molecule has 2 unspecified atom stereocenters. The quantitative estimate of drug-likeness (QED) is 0.531. The Balaban J connectivity index is 1.70. The molecule has 2 N–H and O–H groups in total. The van der Waals surface area contributed by atoms with Crippen molar-refractivity contribution >= 4 is 10.2 Å². The molecule has 2 fully saturated rings. The van der Waals surface area contributed by atoms with Gasteiger partial charge in [-0.1, -0.05) is 19.8 Å². The Labute approximate surface area is 130 Å². The monoisotopic (exact) mass is 317 g/mol. The smallest absolute Gasteiger partial charge is 0.279 e. The SMILES string of the molecule is CC1CCCC(NS(=O)(=O)N(C)CCCNC2CC2)CC1. The van der Waals surface area contributed by atoms with E-state index < -0.39 is 10.2 Å². The molecule has 0 amide bonds. The van der Waals surface area contributed by atoms with Crippen molar-refractivity contribution in [3.8, 4) is 0 Å². The summed E-state index contributed by atoms with van der Waals surface area (Å²) in [6, 6.07) is 0.810. The lowest BCUT2D eigenvalue weighted by atomic mass is 10.0. The summed E-state index contributed by atoms with van der Waals surface area (Å²) in [5.41, 5.74) is 0. The number of hydrogen-bond acceptors (Lipinski definition) is 3. The van der Waals surface area contributed by atoms with Gasteiger partial charge >= 0.3 is 0 Å². The molecular weight excluding hydrogens is 286 g/mol. The van der Waals surface area contributed by atoms with Crippen LogP contribution in [-0.4, -0.2) is 44.9 Å². The van der Waals surface area contributed by atoms with E-state index in [1.807, 2.05) is 0 Å². The van der Waals surface area contributed by atoms with E-state index in [2.05, 4.69) is 17.0 Å².